The van der Waals surface area contributed by atoms with Gasteiger partial charge in [-0.25, -0.2) is 8.42 Å². The van der Waals surface area contributed by atoms with Crippen LogP contribution in [0.25, 0.3) is 0 Å². The number of carboxylic acid groups (broad SMARTS) is 1. The molecule has 0 radical (unpaired) electrons. The Morgan fingerprint density at radius 2 is 2.00 bits per heavy atom. The molecule has 0 bridgehead atoms. The SMILES string of the molecule is Cc1ccc(Cl)c(S(=O)(=O)N(CC(=O)O)C(C)C)c1. The highest BCUT2D eigenvalue weighted by Gasteiger charge is 2.30. The summed E-state index contributed by atoms with van der Waals surface area (Å²) in [6.45, 7) is 4.38. The summed E-state index contributed by atoms with van der Waals surface area (Å²) >= 11 is 5.91. The first kappa shape index (κ1) is 15.9. The van der Waals surface area contributed by atoms with Gasteiger partial charge in [0.1, 0.15) is 11.4 Å². The van der Waals surface area contributed by atoms with E-state index in [4.69, 9.17) is 16.7 Å². The third-order valence-corrected chi connectivity index (χ3v) is 5.04. The Balaban J connectivity index is 3.34. The van der Waals surface area contributed by atoms with Crippen LogP contribution in [0.4, 0.5) is 0 Å². The fourth-order valence-corrected chi connectivity index (χ4v) is 3.76. The van der Waals surface area contributed by atoms with Crippen LogP contribution in [0.2, 0.25) is 5.02 Å². The average molecular weight is 306 g/mol. The molecule has 0 spiro atoms. The van der Waals surface area contributed by atoms with Gasteiger partial charge < -0.3 is 5.11 Å². The highest BCUT2D eigenvalue weighted by Crippen LogP contribution is 2.26. The van der Waals surface area contributed by atoms with Gasteiger partial charge in [0.15, 0.2) is 0 Å². The molecule has 0 saturated heterocycles. The number of benzene rings is 1. The molecule has 19 heavy (non-hydrogen) atoms. The Morgan fingerprint density at radius 3 is 2.47 bits per heavy atom. The molecule has 7 heteroatoms. The highest BCUT2D eigenvalue weighted by molar-refractivity contribution is 7.89. The monoisotopic (exact) mass is 305 g/mol. The molecular weight excluding hydrogens is 290 g/mol. The van der Waals surface area contributed by atoms with Gasteiger partial charge in [0.2, 0.25) is 10.0 Å². The predicted octanol–water partition coefficient (Wildman–Crippen LogP) is 2.13. The van der Waals surface area contributed by atoms with E-state index in [1.54, 1.807) is 26.8 Å². The Labute approximate surface area is 117 Å². The number of carboxylic acids is 1. The quantitative estimate of drug-likeness (QED) is 0.904. The molecule has 1 rings (SSSR count). The van der Waals surface area contributed by atoms with Crippen molar-refractivity contribution in [2.75, 3.05) is 6.54 Å². The van der Waals surface area contributed by atoms with Crippen molar-refractivity contribution in [3.63, 3.8) is 0 Å². The number of halogens is 1. The minimum Gasteiger partial charge on any atom is -0.480 e. The summed E-state index contributed by atoms with van der Waals surface area (Å²) in [5.41, 5.74) is 0.738. The molecule has 0 aromatic heterocycles. The Kier molecular flexibility index (Phi) is 4.95. The second-order valence-corrected chi connectivity index (χ2v) is 6.74. The molecule has 0 amide bonds. The van der Waals surface area contributed by atoms with Gasteiger partial charge in [-0.15, -0.1) is 0 Å². The number of aryl methyl sites for hydroxylation is 1. The molecule has 106 valence electrons. The normalized spacial score (nSPS) is 12.1. The lowest BCUT2D eigenvalue weighted by molar-refractivity contribution is -0.137. The number of rotatable bonds is 5. The lowest BCUT2D eigenvalue weighted by Gasteiger charge is -2.24. The molecule has 0 unspecified atom stereocenters. The van der Waals surface area contributed by atoms with Gasteiger partial charge in [-0.2, -0.15) is 4.31 Å². The van der Waals surface area contributed by atoms with Gasteiger partial charge in [-0.05, 0) is 38.5 Å². The van der Waals surface area contributed by atoms with Crippen LogP contribution >= 0.6 is 11.6 Å². The van der Waals surface area contributed by atoms with Crippen LogP contribution in [-0.4, -0.2) is 36.4 Å². The standard InChI is InChI=1S/C12H16ClNO4S/c1-8(2)14(7-12(15)16)19(17,18)11-6-9(3)4-5-10(11)13/h4-6,8H,7H2,1-3H3,(H,15,16). The van der Waals surface area contributed by atoms with E-state index < -0.39 is 28.6 Å². The fraction of sp³-hybridized carbons (Fsp3) is 0.417. The number of hydrogen-bond acceptors (Lipinski definition) is 3. The Bertz CT molecular complexity index is 583. The minimum atomic E-state index is -3.93. The lowest BCUT2D eigenvalue weighted by Crippen LogP contribution is -2.40. The van der Waals surface area contributed by atoms with E-state index in [0.29, 0.717) is 0 Å². The third kappa shape index (κ3) is 3.68. The molecule has 1 N–H and O–H groups in total. The lowest BCUT2D eigenvalue weighted by atomic mass is 10.2. The van der Waals surface area contributed by atoms with Crippen LogP contribution < -0.4 is 0 Å². The third-order valence-electron chi connectivity index (χ3n) is 2.54. The van der Waals surface area contributed by atoms with Crippen molar-refractivity contribution in [3.05, 3.63) is 28.8 Å². The molecule has 1 aromatic rings. The Hall–Kier alpha value is -1.11. The van der Waals surface area contributed by atoms with Crippen LogP contribution in [0.15, 0.2) is 23.1 Å². The van der Waals surface area contributed by atoms with Gasteiger partial charge in [0.25, 0.3) is 0 Å². The predicted molar refractivity (Wildman–Crippen MR) is 72.9 cm³/mol. The van der Waals surface area contributed by atoms with Gasteiger partial charge in [-0.3, -0.25) is 4.79 Å². The molecule has 1 aromatic carbocycles. The zero-order chi connectivity index (χ0) is 14.8. The molecular formula is C12H16ClNO4S. The molecule has 0 heterocycles. The van der Waals surface area contributed by atoms with Crippen LogP contribution in [0.3, 0.4) is 0 Å². The largest absolute Gasteiger partial charge is 0.480 e. The molecule has 5 nitrogen and oxygen atoms in total. The summed E-state index contributed by atoms with van der Waals surface area (Å²) in [5.74, 6) is -1.21. The van der Waals surface area contributed by atoms with Crippen molar-refractivity contribution in [1.82, 2.24) is 4.31 Å². The molecule has 0 saturated carbocycles. The summed E-state index contributed by atoms with van der Waals surface area (Å²) < 4.78 is 25.8. The number of sulfonamides is 1. The molecule has 0 aliphatic rings. The highest BCUT2D eigenvalue weighted by atomic mass is 35.5. The van der Waals surface area contributed by atoms with E-state index in [9.17, 15) is 13.2 Å². The summed E-state index contributed by atoms with van der Waals surface area (Å²) in [7, 11) is -3.93. The first-order valence-corrected chi connectivity index (χ1v) is 7.48. The summed E-state index contributed by atoms with van der Waals surface area (Å²) in [4.78, 5) is 10.7. The average Bonchev–Trinajstić information content (AvgIpc) is 2.28. The van der Waals surface area contributed by atoms with Crippen molar-refractivity contribution in [1.29, 1.82) is 0 Å². The van der Waals surface area contributed by atoms with Crippen molar-refractivity contribution in [2.45, 2.75) is 31.7 Å². The maximum absolute atomic E-state index is 12.5. The maximum Gasteiger partial charge on any atom is 0.318 e. The zero-order valence-corrected chi connectivity index (χ0v) is 12.5. The van der Waals surface area contributed by atoms with E-state index in [0.717, 1.165) is 9.87 Å². The summed E-state index contributed by atoms with van der Waals surface area (Å²) in [5, 5.41) is 8.91. The zero-order valence-electron chi connectivity index (χ0n) is 10.9. The Morgan fingerprint density at radius 1 is 1.42 bits per heavy atom. The van der Waals surface area contributed by atoms with Crippen molar-refractivity contribution in [2.24, 2.45) is 0 Å². The van der Waals surface area contributed by atoms with E-state index in [1.807, 2.05) is 0 Å². The van der Waals surface area contributed by atoms with Gasteiger partial charge >= 0.3 is 5.97 Å². The van der Waals surface area contributed by atoms with Crippen molar-refractivity contribution >= 4 is 27.6 Å². The van der Waals surface area contributed by atoms with Crippen molar-refractivity contribution < 1.29 is 18.3 Å². The molecule has 0 fully saturated rings. The molecule has 0 atom stereocenters. The van der Waals surface area contributed by atoms with Crippen LogP contribution in [0.5, 0.6) is 0 Å². The number of nitrogens with zero attached hydrogens (tertiary/aromatic N) is 1. The number of carbonyl (C=O) groups is 1. The van der Waals surface area contributed by atoms with Crippen LogP contribution in [0.1, 0.15) is 19.4 Å². The topological polar surface area (TPSA) is 74.7 Å². The van der Waals surface area contributed by atoms with Gasteiger partial charge in [0.05, 0.1) is 5.02 Å². The first-order chi connectivity index (χ1) is 8.66. The van der Waals surface area contributed by atoms with E-state index in [2.05, 4.69) is 0 Å². The maximum atomic E-state index is 12.5. The van der Waals surface area contributed by atoms with Gasteiger partial charge in [-0.1, -0.05) is 17.7 Å². The van der Waals surface area contributed by atoms with E-state index in [-0.39, 0.29) is 9.92 Å². The smallest absolute Gasteiger partial charge is 0.318 e. The summed E-state index contributed by atoms with van der Waals surface area (Å²) in [6.07, 6.45) is 0. The van der Waals surface area contributed by atoms with Crippen molar-refractivity contribution in [3.8, 4) is 0 Å². The fourth-order valence-electron chi connectivity index (χ4n) is 1.61. The molecule has 0 aliphatic carbocycles. The second-order valence-electron chi connectivity index (χ2n) is 4.47. The number of hydrogen-bond donors (Lipinski definition) is 1. The minimum absolute atomic E-state index is 0.0656. The van der Waals surface area contributed by atoms with Crippen LogP contribution in [-0.2, 0) is 14.8 Å². The van der Waals surface area contributed by atoms with Crippen LogP contribution in [0, 0.1) is 6.92 Å². The summed E-state index contributed by atoms with van der Waals surface area (Å²) in [6, 6.07) is 4.15. The first-order valence-electron chi connectivity index (χ1n) is 5.66. The van der Waals surface area contributed by atoms with E-state index in [1.165, 1.54) is 12.1 Å². The number of aliphatic carboxylic acids is 1. The van der Waals surface area contributed by atoms with E-state index >= 15 is 0 Å². The second kappa shape index (κ2) is 5.90. The molecule has 0 aliphatic heterocycles. The van der Waals surface area contributed by atoms with Gasteiger partial charge in [0, 0.05) is 6.04 Å².